The predicted molar refractivity (Wildman–Crippen MR) is 70.4 cm³/mol. The van der Waals surface area contributed by atoms with Gasteiger partial charge in [-0.2, -0.15) is 0 Å². The summed E-state index contributed by atoms with van der Waals surface area (Å²) < 4.78 is 5.40. The Kier molecular flexibility index (Phi) is 4.40. The SMILES string of the molecule is COc1ccccc1C(C)NC1CCNCC1. The molecule has 0 aromatic heterocycles. The number of ether oxygens (including phenoxy) is 1. The van der Waals surface area contributed by atoms with E-state index in [1.54, 1.807) is 7.11 Å². The predicted octanol–water partition coefficient (Wildman–Crippen LogP) is 2.10. The molecule has 1 aromatic carbocycles. The van der Waals surface area contributed by atoms with E-state index in [4.69, 9.17) is 4.74 Å². The van der Waals surface area contributed by atoms with Crippen LogP contribution in [0.25, 0.3) is 0 Å². The molecule has 0 bridgehead atoms. The van der Waals surface area contributed by atoms with E-state index in [9.17, 15) is 0 Å². The number of benzene rings is 1. The number of para-hydroxylation sites is 1. The summed E-state index contributed by atoms with van der Waals surface area (Å²) in [6, 6.07) is 9.20. The van der Waals surface area contributed by atoms with Crippen molar-refractivity contribution in [3.8, 4) is 5.75 Å². The lowest BCUT2D eigenvalue weighted by Gasteiger charge is -2.28. The number of hydrogen-bond donors (Lipinski definition) is 2. The van der Waals surface area contributed by atoms with Gasteiger partial charge in [-0.1, -0.05) is 18.2 Å². The Morgan fingerprint density at radius 2 is 2.00 bits per heavy atom. The largest absolute Gasteiger partial charge is 0.496 e. The summed E-state index contributed by atoms with van der Waals surface area (Å²) in [5.74, 6) is 0.974. The molecule has 0 aliphatic carbocycles. The molecule has 94 valence electrons. The molecule has 1 saturated heterocycles. The average Bonchev–Trinajstić information content (AvgIpc) is 2.40. The van der Waals surface area contributed by atoms with Crippen LogP contribution < -0.4 is 15.4 Å². The summed E-state index contributed by atoms with van der Waals surface area (Å²) in [7, 11) is 1.73. The lowest BCUT2D eigenvalue weighted by atomic mass is 10.0. The van der Waals surface area contributed by atoms with Crippen molar-refractivity contribution in [1.82, 2.24) is 10.6 Å². The molecule has 2 rings (SSSR count). The molecule has 0 radical (unpaired) electrons. The first kappa shape index (κ1) is 12.4. The van der Waals surface area contributed by atoms with E-state index in [1.165, 1.54) is 18.4 Å². The standard InChI is InChI=1S/C14H22N2O/c1-11(16-12-7-9-15-10-8-12)13-5-3-4-6-14(13)17-2/h3-6,11-12,15-16H,7-10H2,1-2H3. The molecule has 1 unspecified atom stereocenters. The highest BCUT2D eigenvalue weighted by atomic mass is 16.5. The smallest absolute Gasteiger partial charge is 0.123 e. The number of piperidine rings is 1. The monoisotopic (exact) mass is 234 g/mol. The highest BCUT2D eigenvalue weighted by Crippen LogP contribution is 2.25. The van der Waals surface area contributed by atoms with Crippen molar-refractivity contribution in [3.63, 3.8) is 0 Å². The molecular weight excluding hydrogens is 212 g/mol. The van der Waals surface area contributed by atoms with Crippen molar-refractivity contribution in [1.29, 1.82) is 0 Å². The van der Waals surface area contributed by atoms with Gasteiger partial charge >= 0.3 is 0 Å². The van der Waals surface area contributed by atoms with Crippen molar-refractivity contribution in [2.45, 2.75) is 31.8 Å². The molecule has 1 aliphatic heterocycles. The molecule has 17 heavy (non-hydrogen) atoms. The zero-order valence-electron chi connectivity index (χ0n) is 10.7. The van der Waals surface area contributed by atoms with Crippen molar-refractivity contribution in [2.24, 2.45) is 0 Å². The second kappa shape index (κ2) is 6.03. The molecule has 1 aromatic rings. The fraction of sp³-hybridized carbons (Fsp3) is 0.571. The van der Waals surface area contributed by atoms with Crippen LogP contribution in [0.5, 0.6) is 5.75 Å². The first-order chi connectivity index (χ1) is 8.31. The Morgan fingerprint density at radius 3 is 2.71 bits per heavy atom. The van der Waals surface area contributed by atoms with E-state index in [0.29, 0.717) is 12.1 Å². The molecule has 3 nitrogen and oxygen atoms in total. The van der Waals surface area contributed by atoms with Gasteiger partial charge in [0.2, 0.25) is 0 Å². The summed E-state index contributed by atoms with van der Waals surface area (Å²) in [5.41, 5.74) is 1.24. The summed E-state index contributed by atoms with van der Waals surface area (Å²) in [6.07, 6.45) is 2.42. The third-order valence-electron chi connectivity index (χ3n) is 3.43. The maximum absolute atomic E-state index is 5.40. The quantitative estimate of drug-likeness (QED) is 0.837. The van der Waals surface area contributed by atoms with Crippen molar-refractivity contribution < 1.29 is 4.74 Å². The van der Waals surface area contributed by atoms with E-state index in [1.807, 2.05) is 12.1 Å². The van der Waals surface area contributed by atoms with E-state index >= 15 is 0 Å². The maximum atomic E-state index is 5.40. The fourth-order valence-electron chi connectivity index (χ4n) is 2.46. The molecule has 3 heteroatoms. The van der Waals surface area contributed by atoms with Crippen LogP contribution in [-0.2, 0) is 0 Å². The first-order valence-electron chi connectivity index (χ1n) is 6.41. The molecule has 1 aliphatic rings. The van der Waals surface area contributed by atoms with E-state index in [0.717, 1.165) is 18.8 Å². The Bertz CT molecular complexity index is 348. The second-order valence-corrected chi connectivity index (χ2v) is 4.65. The van der Waals surface area contributed by atoms with Crippen molar-refractivity contribution >= 4 is 0 Å². The number of hydrogen-bond acceptors (Lipinski definition) is 3. The van der Waals surface area contributed by atoms with Gasteiger partial charge in [-0.05, 0) is 38.9 Å². The number of methoxy groups -OCH3 is 1. The zero-order chi connectivity index (χ0) is 12.1. The summed E-state index contributed by atoms with van der Waals surface area (Å²) in [5, 5.41) is 7.08. The third kappa shape index (κ3) is 3.20. The van der Waals surface area contributed by atoms with Gasteiger partial charge in [0.1, 0.15) is 5.75 Å². The van der Waals surface area contributed by atoms with Gasteiger partial charge in [0.15, 0.2) is 0 Å². The van der Waals surface area contributed by atoms with Crippen molar-refractivity contribution in [3.05, 3.63) is 29.8 Å². The number of nitrogens with one attached hydrogen (secondary N) is 2. The summed E-state index contributed by atoms with van der Waals surface area (Å²) >= 11 is 0. The van der Waals surface area contributed by atoms with Crippen LogP contribution in [0, 0.1) is 0 Å². The third-order valence-corrected chi connectivity index (χ3v) is 3.43. The van der Waals surface area contributed by atoms with Crippen LogP contribution in [0.3, 0.4) is 0 Å². The normalized spacial score (nSPS) is 18.9. The average molecular weight is 234 g/mol. The van der Waals surface area contributed by atoms with E-state index in [-0.39, 0.29) is 0 Å². The van der Waals surface area contributed by atoms with E-state index < -0.39 is 0 Å². The van der Waals surface area contributed by atoms with Crippen LogP contribution in [0.15, 0.2) is 24.3 Å². The molecule has 0 saturated carbocycles. The van der Waals surface area contributed by atoms with Gasteiger partial charge in [-0.3, -0.25) is 0 Å². The van der Waals surface area contributed by atoms with Gasteiger partial charge < -0.3 is 15.4 Å². The highest BCUT2D eigenvalue weighted by molar-refractivity contribution is 5.35. The second-order valence-electron chi connectivity index (χ2n) is 4.65. The lowest BCUT2D eigenvalue weighted by Crippen LogP contribution is -2.41. The summed E-state index contributed by atoms with van der Waals surface area (Å²) in [4.78, 5) is 0. The minimum Gasteiger partial charge on any atom is -0.496 e. The fourth-order valence-corrected chi connectivity index (χ4v) is 2.46. The highest BCUT2D eigenvalue weighted by Gasteiger charge is 2.17. The van der Waals surface area contributed by atoms with Gasteiger partial charge in [-0.15, -0.1) is 0 Å². The Hall–Kier alpha value is -1.06. The minimum atomic E-state index is 0.342. The molecule has 1 fully saturated rings. The molecule has 0 spiro atoms. The summed E-state index contributed by atoms with van der Waals surface area (Å²) in [6.45, 7) is 4.45. The molecule has 1 atom stereocenters. The topological polar surface area (TPSA) is 33.3 Å². The van der Waals surface area contributed by atoms with Gasteiger partial charge in [0, 0.05) is 17.6 Å². The molecule has 1 heterocycles. The molecular formula is C14H22N2O. The van der Waals surface area contributed by atoms with Crippen LogP contribution in [0.1, 0.15) is 31.4 Å². The lowest BCUT2D eigenvalue weighted by molar-refractivity contribution is 0.349. The van der Waals surface area contributed by atoms with Crippen LogP contribution in [0.2, 0.25) is 0 Å². The Balaban J connectivity index is 2.00. The number of rotatable bonds is 4. The van der Waals surface area contributed by atoms with Crippen LogP contribution in [0.4, 0.5) is 0 Å². The molecule has 0 amide bonds. The van der Waals surface area contributed by atoms with Crippen LogP contribution >= 0.6 is 0 Å². The van der Waals surface area contributed by atoms with Crippen LogP contribution in [-0.4, -0.2) is 26.2 Å². The Morgan fingerprint density at radius 1 is 1.29 bits per heavy atom. The minimum absolute atomic E-state index is 0.342. The Labute approximate surface area is 104 Å². The zero-order valence-corrected chi connectivity index (χ0v) is 10.7. The van der Waals surface area contributed by atoms with Gasteiger partial charge in [0.25, 0.3) is 0 Å². The molecule has 2 N–H and O–H groups in total. The first-order valence-corrected chi connectivity index (χ1v) is 6.41. The van der Waals surface area contributed by atoms with E-state index in [2.05, 4.69) is 29.7 Å². The van der Waals surface area contributed by atoms with Gasteiger partial charge in [0.05, 0.1) is 7.11 Å². The van der Waals surface area contributed by atoms with Gasteiger partial charge in [-0.25, -0.2) is 0 Å². The maximum Gasteiger partial charge on any atom is 0.123 e. The van der Waals surface area contributed by atoms with Crippen molar-refractivity contribution in [2.75, 3.05) is 20.2 Å².